The average Bonchev–Trinajstić information content (AvgIpc) is 2.55. The van der Waals surface area contributed by atoms with Gasteiger partial charge in [0.1, 0.15) is 0 Å². The van der Waals surface area contributed by atoms with E-state index < -0.39 is 5.97 Å². The third-order valence-corrected chi connectivity index (χ3v) is 2.90. The highest BCUT2D eigenvalue weighted by Gasteiger charge is 2.12. The molecule has 0 aliphatic carbocycles. The van der Waals surface area contributed by atoms with Gasteiger partial charge in [0.2, 0.25) is 0 Å². The minimum atomic E-state index is -0.849. The summed E-state index contributed by atoms with van der Waals surface area (Å²) in [5.41, 5.74) is 8.07. The summed E-state index contributed by atoms with van der Waals surface area (Å²) in [4.78, 5) is 10.6. The molecular weight excluding hydrogens is 252 g/mol. The number of halogens is 1. The van der Waals surface area contributed by atoms with E-state index in [-0.39, 0.29) is 24.9 Å². The average molecular weight is 269 g/mol. The van der Waals surface area contributed by atoms with Gasteiger partial charge in [-0.1, -0.05) is 18.2 Å². The highest BCUT2D eigenvalue weighted by Crippen LogP contribution is 2.21. The van der Waals surface area contributed by atoms with Crippen LogP contribution in [-0.4, -0.2) is 21.7 Å². The molecule has 5 heteroatoms. The Bertz CT molecular complexity index is 551. The number of aliphatic carboxylic acids is 1. The first-order chi connectivity index (χ1) is 8.08. The van der Waals surface area contributed by atoms with E-state index in [1.54, 1.807) is 0 Å². The highest BCUT2D eigenvalue weighted by atomic mass is 35.5. The Morgan fingerprint density at radius 3 is 2.78 bits per heavy atom. The number of carbonyl (C=O) groups is 1. The molecule has 0 radical (unpaired) electrons. The fourth-order valence-electron chi connectivity index (χ4n) is 2.17. The standard InChI is InChI=1S/C13H16N2O2.ClH/c1-15-8-9(6-10(14)7-13(16)17)11-4-2-3-5-12(11)15;/h2-5,8,10H,6-7,14H2,1H3,(H,16,17);1H/t10-;/m1./s1. The zero-order valence-corrected chi connectivity index (χ0v) is 11.0. The molecule has 1 aromatic carbocycles. The predicted octanol–water partition coefficient (Wildman–Crippen LogP) is 1.94. The number of para-hydroxylation sites is 1. The molecule has 1 heterocycles. The van der Waals surface area contributed by atoms with Crippen molar-refractivity contribution in [1.82, 2.24) is 4.57 Å². The number of carboxylic acid groups (broad SMARTS) is 1. The van der Waals surface area contributed by atoms with Crippen molar-refractivity contribution in [2.24, 2.45) is 12.8 Å². The third kappa shape index (κ3) is 3.03. The van der Waals surface area contributed by atoms with Crippen molar-refractivity contribution in [2.45, 2.75) is 18.9 Å². The normalized spacial score (nSPS) is 12.1. The lowest BCUT2D eigenvalue weighted by atomic mass is 10.0. The number of hydrogen-bond acceptors (Lipinski definition) is 2. The van der Waals surface area contributed by atoms with E-state index in [0.29, 0.717) is 6.42 Å². The summed E-state index contributed by atoms with van der Waals surface area (Å²) in [6.07, 6.45) is 2.61. The Kier molecular flexibility index (Phi) is 4.76. The Balaban J connectivity index is 0.00000162. The van der Waals surface area contributed by atoms with Gasteiger partial charge >= 0.3 is 5.97 Å². The first-order valence-corrected chi connectivity index (χ1v) is 5.58. The van der Waals surface area contributed by atoms with Crippen LogP contribution in [0.5, 0.6) is 0 Å². The number of aryl methyl sites for hydroxylation is 1. The van der Waals surface area contributed by atoms with Crippen LogP contribution in [0.15, 0.2) is 30.5 Å². The Morgan fingerprint density at radius 2 is 2.11 bits per heavy atom. The van der Waals surface area contributed by atoms with Gasteiger partial charge in [0.15, 0.2) is 0 Å². The number of nitrogens with two attached hydrogens (primary N) is 1. The van der Waals surface area contributed by atoms with Gasteiger partial charge in [-0.3, -0.25) is 4.79 Å². The van der Waals surface area contributed by atoms with E-state index in [0.717, 1.165) is 16.5 Å². The molecule has 2 aromatic rings. The molecule has 0 amide bonds. The lowest BCUT2D eigenvalue weighted by Gasteiger charge is -2.07. The molecule has 1 aromatic heterocycles. The topological polar surface area (TPSA) is 68.2 Å². The van der Waals surface area contributed by atoms with E-state index in [1.807, 2.05) is 42.1 Å². The molecule has 4 nitrogen and oxygen atoms in total. The van der Waals surface area contributed by atoms with Crippen LogP contribution in [0, 0.1) is 0 Å². The molecule has 0 unspecified atom stereocenters. The van der Waals surface area contributed by atoms with Crippen molar-refractivity contribution in [1.29, 1.82) is 0 Å². The van der Waals surface area contributed by atoms with E-state index in [2.05, 4.69) is 0 Å². The van der Waals surface area contributed by atoms with Crippen LogP contribution < -0.4 is 5.73 Å². The molecular formula is C13H17ClN2O2. The summed E-state index contributed by atoms with van der Waals surface area (Å²) in [6, 6.07) is 7.72. The maximum atomic E-state index is 10.6. The number of carboxylic acids is 1. The minimum absolute atomic E-state index is 0. The van der Waals surface area contributed by atoms with Gasteiger partial charge in [0.25, 0.3) is 0 Å². The van der Waals surface area contributed by atoms with Crippen LogP contribution in [0.3, 0.4) is 0 Å². The molecule has 0 saturated heterocycles. The second-order valence-corrected chi connectivity index (χ2v) is 4.34. The fourth-order valence-corrected chi connectivity index (χ4v) is 2.17. The number of fused-ring (bicyclic) bond motifs is 1. The van der Waals surface area contributed by atoms with Gasteiger partial charge in [-0.25, -0.2) is 0 Å². The Morgan fingerprint density at radius 1 is 1.44 bits per heavy atom. The number of benzene rings is 1. The molecule has 0 spiro atoms. The largest absolute Gasteiger partial charge is 0.481 e. The molecule has 98 valence electrons. The third-order valence-electron chi connectivity index (χ3n) is 2.90. The maximum Gasteiger partial charge on any atom is 0.304 e. The number of hydrogen-bond donors (Lipinski definition) is 2. The van der Waals surface area contributed by atoms with Crippen molar-refractivity contribution in [3.05, 3.63) is 36.0 Å². The first-order valence-electron chi connectivity index (χ1n) is 5.58. The van der Waals surface area contributed by atoms with Crippen LogP contribution >= 0.6 is 12.4 Å². The highest BCUT2D eigenvalue weighted by molar-refractivity contribution is 5.85. The molecule has 18 heavy (non-hydrogen) atoms. The molecule has 0 fully saturated rings. The van der Waals surface area contributed by atoms with Gasteiger partial charge in [0.05, 0.1) is 6.42 Å². The van der Waals surface area contributed by atoms with Crippen LogP contribution in [0.1, 0.15) is 12.0 Å². The smallest absolute Gasteiger partial charge is 0.304 e. The SMILES string of the molecule is Cl.Cn1cc(C[C@@H](N)CC(=O)O)c2ccccc21. The monoisotopic (exact) mass is 268 g/mol. The predicted molar refractivity (Wildman–Crippen MR) is 74.1 cm³/mol. The fraction of sp³-hybridized carbons (Fsp3) is 0.308. The van der Waals surface area contributed by atoms with E-state index in [1.165, 1.54) is 0 Å². The van der Waals surface area contributed by atoms with Crippen LogP contribution in [0.2, 0.25) is 0 Å². The summed E-state index contributed by atoms with van der Waals surface area (Å²) >= 11 is 0. The molecule has 3 N–H and O–H groups in total. The summed E-state index contributed by atoms with van der Waals surface area (Å²) in [6.45, 7) is 0. The van der Waals surface area contributed by atoms with Crippen molar-refractivity contribution in [3.8, 4) is 0 Å². The van der Waals surface area contributed by atoms with E-state index in [4.69, 9.17) is 10.8 Å². The van der Waals surface area contributed by atoms with Gasteiger partial charge in [-0.2, -0.15) is 0 Å². The quantitative estimate of drug-likeness (QED) is 0.890. The Hall–Kier alpha value is -1.52. The Labute approximate surface area is 112 Å². The van der Waals surface area contributed by atoms with E-state index >= 15 is 0 Å². The van der Waals surface area contributed by atoms with Crippen LogP contribution in [0.25, 0.3) is 10.9 Å². The lowest BCUT2D eigenvalue weighted by Crippen LogP contribution is -2.25. The van der Waals surface area contributed by atoms with E-state index in [9.17, 15) is 4.79 Å². The molecule has 2 rings (SSSR count). The number of nitrogens with zero attached hydrogens (tertiary/aromatic N) is 1. The summed E-state index contributed by atoms with van der Waals surface area (Å²) in [7, 11) is 1.98. The second kappa shape index (κ2) is 5.89. The van der Waals surface area contributed by atoms with Crippen LogP contribution in [-0.2, 0) is 18.3 Å². The molecule has 0 bridgehead atoms. The first kappa shape index (κ1) is 14.5. The van der Waals surface area contributed by atoms with Gasteiger partial charge in [-0.15, -0.1) is 12.4 Å². The molecule has 0 aliphatic heterocycles. The van der Waals surface area contributed by atoms with Crippen molar-refractivity contribution in [2.75, 3.05) is 0 Å². The number of aromatic nitrogens is 1. The zero-order chi connectivity index (χ0) is 12.4. The number of rotatable bonds is 4. The van der Waals surface area contributed by atoms with Gasteiger partial charge in [-0.05, 0) is 18.1 Å². The van der Waals surface area contributed by atoms with Crippen molar-refractivity contribution in [3.63, 3.8) is 0 Å². The second-order valence-electron chi connectivity index (χ2n) is 4.34. The summed E-state index contributed by atoms with van der Waals surface area (Å²) in [5, 5.41) is 9.84. The van der Waals surface area contributed by atoms with Crippen molar-refractivity contribution < 1.29 is 9.90 Å². The lowest BCUT2D eigenvalue weighted by molar-refractivity contribution is -0.137. The summed E-state index contributed by atoms with van der Waals surface area (Å²) < 4.78 is 2.04. The zero-order valence-electron chi connectivity index (χ0n) is 10.2. The summed E-state index contributed by atoms with van der Waals surface area (Å²) in [5.74, 6) is -0.849. The minimum Gasteiger partial charge on any atom is -0.481 e. The molecule has 0 saturated carbocycles. The molecule has 1 atom stereocenters. The molecule has 0 aliphatic rings. The van der Waals surface area contributed by atoms with Crippen LogP contribution in [0.4, 0.5) is 0 Å². The maximum absolute atomic E-state index is 10.6. The van der Waals surface area contributed by atoms with Gasteiger partial charge < -0.3 is 15.4 Å². The van der Waals surface area contributed by atoms with Gasteiger partial charge in [0, 0.05) is 30.2 Å². The van der Waals surface area contributed by atoms with Crippen molar-refractivity contribution >= 4 is 29.3 Å².